The zero-order valence-corrected chi connectivity index (χ0v) is 25.8. The third-order valence-electron chi connectivity index (χ3n) is 9.51. The molecule has 4 fully saturated rings. The molecule has 4 aliphatic rings. The first kappa shape index (κ1) is 31.9. The number of amides is 3. The van der Waals surface area contributed by atoms with Gasteiger partial charge in [-0.3, -0.25) is 9.69 Å². The SMILES string of the molecule is CC(C)N1C(=O)N(CC(F)(F)F)CC12CC1CCC(C2)N1C[C@H]1CN(C(=O)CC(C)(C)C)C[C@@H]1c1ccccc1.Cl. The molecule has 10 heteroatoms. The molecule has 2 bridgehead atoms. The molecule has 2 unspecified atom stereocenters. The van der Waals surface area contributed by atoms with Gasteiger partial charge in [-0.2, -0.15) is 13.2 Å². The highest BCUT2D eigenvalue weighted by Crippen LogP contribution is 2.49. The molecule has 4 aliphatic heterocycles. The van der Waals surface area contributed by atoms with Gasteiger partial charge in [0.15, 0.2) is 0 Å². The van der Waals surface area contributed by atoms with Gasteiger partial charge in [-0.05, 0) is 56.4 Å². The van der Waals surface area contributed by atoms with Crippen LogP contribution >= 0.6 is 12.4 Å². The molecule has 0 aliphatic carbocycles. The van der Waals surface area contributed by atoms with E-state index in [4.69, 9.17) is 0 Å². The van der Waals surface area contributed by atoms with Crippen LogP contribution in [0.5, 0.6) is 0 Å². The van der Waals surface area contributed by atoms with Gasteiger partial charge in [0, 0.05) is 56.6 Å². The third-order valence-corrected chi connectivity index (χ3v) is 9.51. The Balaban J connectivity index is 0.00000387. The fourth-order valence-corrected chi connectivity index (χ4v) is 8.17. The summed E-state index contributed by atoms with van der Waals surface area (Å²) in [5.41, 5.74) is 0.635. The van der Waals surface area contributed by atoms with Crippen molar-refractivity contribution in [1.29, 1.82) is 0 Å². The van der Waals surface area contributed by atoms with E-state index in [-0.39, 0.29) is 60.2 Å². The lowest BCUT2D eigenvalue weighted by Crippen LogP contribution is -2.60. The Kier molecular flexibility index (Phi) is 9.02. The van der Waals surface area contributed by atoms with Crippen LogP contribution in [0.4, 0.5) is 18.0 Å². The first-order valence-electron chi connectivity index (χ1n) is 14.9. The van der Waals surface area contributed by atoms with Crippen molar-refractivity contribution >= 4 is 24.3 Å². The molecule has 3 amide bonds. The quantitative estimate of drug-likeness (QED) is 0.394. The number of piperidine rings is 1. The molecule has 1 spiro atoms. The molecule has 4 atom stereocenters. The Morgan fingerprint density at radius 2 is 1.63 bits per heavy atom. The third kappa shape index (κ3) is 6.66. The Morgan fingerprint density at radius 1 is 1.02 bits per heavy atom. The van der Waals surface area contributed by atoms with Crippen molar-refractivity contribution in [2.45, 2.75) is 102 Å². The van der Waals surface area contributed by atoms with Crippen molar-refractivity contribution in [3.05, 3.63) is 35.9 Å². The van der Waals surface area contributed by atoms with E-state index in [1.54, 1.807) is 4.90 Å². The lowest BCUT2D eigenvalue weighted by atomic mass is 9.80. The van der Waals surface area contributed by atoms with Crippen molar-refractivity contribution in [3.63, 3.8) is 0 Å². The monoisotopic (exact) mass is 598 g/mol. The number of urea groups is 1. The smallest absolute Gasteiger partial charge is 0.342 e. The van der Waals surface area contributed by atoms with Crippen LogP contribution in [0.15, 0.2) is 30.3 Å². The van der Waals surface area contributed by atoms with Gasteiger partial charge in [0.2, 0.25) is 5.91 Å². The van der Waals surface area contributed by atoms with Crippen LogP contribution in [-0.2, 0) is 4.79 Å². The average Bonchev–Trinajstić information content (AvgIpc) is 3.44. The second-order valence-electron chi connectivity index (χ2n) is 14.2. The van der Waals surface area contributed by atoms with E-state index in [0.29, 0.717) is 19.3 Å². The summed E-state index contributed by atoms with van der Waals surface area (Å²) in [6.45, 7) is 11.4. The van der Waals surface area contributed by atoms with Crippen molar-refractivity contribution in [3.8, 4) is 0 Å². The zero-order chi connectivity index (χ0) is 29.0. The van der Waals surface area contributed by atoms with Crippen LogP contribution in [-0.4, -0.2) is 94.1 Å². The maximum Gasteiger partial charge on any atom is 0.406 e. The van der Waals surface area contributed by atoms with E-state index in [1.165, 1.54) is 5.56 Å². The molecule has 6 nitrogen and oxygen atoms in total. The molecule has 5 rings (SSSR count). The Morgan fingerprint density at radius 3 is 2.17 bits per heavy atom. The minimum Gasteiger partial charge on any atom is -0.342 e. The molecule has 4 heterocycles. The van der Waals surface area contributed by atoms with Crippen LogP contribution in [0.2, 0.25) is 0 Å². The highest BCUT2D eigenvalue weighted by Gasteiger charge is 2.59. The standard InChI is InChI=1S/C31H45F3N4O2.ClH/c1-21(2)38-28(40)36(20-31(32,33)34)19-30(38)13-24-11-12-25(14-30)37(24)17-23-16-35(27(39)15-29(3,4)5)18-26(23)22-9-7-6-8-10-22;/h6-10,21,23-26H,11-20H2,1-5H3;1H/t23-,24?,25?,26-,30?;/m1./s1. The highest BCUT2D eigenvalue weighted by molar-refractivity contribution is 5.85. The van der Waals surface area contributed by atoms with E-state index in [9.17, 15) is 22.8 Å². The normalized spacial score (nSPS) is 30.6. The van der Waals surface area contributed by atoms with Gasteiger partial charge in [-0.25, -0.2) is 4.79 Å². The maximum absolute atomic E-state index is 13.3. The number of nitrogens with zero attached hydrogens (tertiary/aromatic N) is 4. The average molecular weight is 599 g/mol. The lowest BCUT2D eigenvalue weighted by Gasteiger charge is -2.50. The fraction of sp³-hybridized carbons (Fsp3) is 0.742. The zero-order valence-electron chi connectivity index (χ0n) is 25.0. The van der Waals surface area contributed by atoms with Gasteiger partial charge in [0.05, 0.1) is 5.54 Å². The molecule has 0 radical (unpaired) electrons. The van der Waals surface area contributed by atoms with Crippen LogP contribution < -0.4 is 0 Å². The number of hydrogen-bond acceptors (Lipinski definition) is 3. The second kappa shape index (κ2) is 11.6. The van der Waals surface area contributed by atoms with Crippen molar-refractivity contribution in [2.75, 3.05) is 32.7 Å². The molecule has 230 valence electrons. The molecular formula is C31H46ClF3N4O2. The number of carbonyl (C=O) groups excluding carboxylic acids is 2. The minimum absolute atomic E-state index is 0. The molecule has 1 aromatic carbocycles. The van der Waals surface area contributed by atoms with Gasteiger partial charge in [0.1, 0.15) is 6.54 Å². The summed E-state index contributed by atoms with van der Waals surface area (Å²) < 4.78 is 40.0. The molecule has 0 aromatic heterocycles. The van der Waals surface area contributed by atoms with Crippen LogP contribution in [0.25, 0.3) is 0 Å². The molecule has 4 saturated heterocycles. The summed E-state index contributed by atoms with van der Waals surface area (Å²) in [6, 6.07) is 10.3. The number of hydrogen-bond donors (Lipinski definition) is 0. The Hall–Kier alpha value is -2.00. The number of alkyl halides is 3. The molecular weight excluding hydrogens is 553 g/mol. The summed E-state index contributed by atoms with van der Waals surface area (Å²) in [5, 5.41) is 0. The summed E-state index contributed by atoms with van der Waals surface area (Å²) in [5.74, 6) is 0.748. The van der Waals surface area contributed by atoms with E-state index < -0.39 is 24.3 Å². The summed E-state index contributed by atoms with van der Waals surface area (Å²) >= 11 is 0. The molecule has 41 heavy (non-hydrogen) atoms. The van der Waals surface area contributed by atoms with Crippen molar-refractivity contribution < 1.29 is 22.8 Å². The van der Waals surface area contributed by atoms with Crippen LogP contribution in [0.3, 0.4) is 0 Å². The number of halogens is 4. The van der Waals surface area contributed by atoms with Gasteiger partial charge < -0.3 is 14.7 Å². The number of fused-ring (bicyclic) bond motifs is 2. The Bertz CT molecular complexity index is 1080. The maximum atomic E-state index is 13.3. The lowest BCUT2D eigenvalue weighted by molar-refractivity contribution is -0.139. The van der Waals surface area contributed by atoms with Crippen molar-refractivity contribution in [2.24, 2.45) is 11.3 Å². The second-order valence-corrected chi connectivity index (χ2v) is 14.2. The fourth-order valence-electron chi connectivity index (χ4n) is 8.17. The van der Waals surface area contributed by atoms with Gasteiger partial charge in [-0.1, -0.05) is 51.1 Å². The number of benzene rings is 1. The first-order valence-corrected chi connectivity index (χ1v) is 14.9. The van der Waals surface area contributed by atoms with E-state index in [0.717, 1.165) is 37.4 Å². The molecule has 0 saturated carbocycles. The van der Waals surface area contributed by atoms with Crippen LogP contribution in [0.1, 0.15) is 78.2 Å². The number of likely N-dealkylation sites (tertiary alicyclic amines) is 1. The van der Waals surface area contributed by atoms with E-state index in [2.05, 4.69) is 49.9 Å². The largest absolute Gasteiger partial charge is 0.406 e. The summed E-state index contributed by atoms with van der Waals surface area (Å²) in [7, 11) is 0. The summed E-state index contributed by atoms with van der Waals surface area (Å²) in [6.07, 6.45) is -0.475. The predicted octanol–water partition coefficient (Wildman–Crippen LogP) is 6.16. The first-order chi connectivity index (χ1) is 18.7. The predicted molar refractivity (Wildman–Crippen MR) is 156 cm³/mol. The highest BCUT2D eigenvalue weighted by atomic mass is 35.5. The van der Waals surface area contributed by atoms with Gasteiger partial charge >= 0.3 is 12.2 Å². The van der Waals surface area contributed by atoms with Crippen LogP contribution in [0, 0.1) is 11.3 Å². The number of carbonyl (C=O) groups is 2. The van der Waals surface area contributed by atoms with E-state index >= 15 is 0 Å². The molecule has 1 aromatic rings. The van der Waals surface area contributed by atoms with E-state index in [1.807, 2.05) is 24.8 Å². The Labute approximate surface area is 249 Å². The van der Waals surface area contributed by atoms with Gasteiger partial charge in [-0.15, -0.1) is 12.4 Å². The minimum atomic E-state index is -4.41. The topological polar surface area (TPSA) is 47.1 Å². The molecule has 0 N–H and O–H groups in total. The van der Waals surface area contributed by atoms with Gasteiger partial charge in [0.25, 0.3) is 0 Å². The summed E-state index contributed by atoms with van der Waals surface area (Å²) in [4.78, 5) is 33.8. The van der Waals surface area contributed by atoms with Crippen molar-refractivity contribution in [1.82, 2.24) is 19.6 Å². The number of rotatable bonds is 6.